The minimum atomic E-state index is 0.253. The summed E-state index contributed by atoms with van der Waals surface area (Å²) >= 11 is 0. The smallest absolute Gasteiger partial charge is 0.225 e. The van der Waals surface area contributed by atoms with E-state index in [2.05, 4.69) is 23.1 Å². The molecule has 2 aliphatic rings. The van der Waals surface area contributed by atoms with Crippen molar-refractivity contribution < 1.29 is 9.53 Å². The molecule has 1 aromatic heterocycles. The van der Waals surface area contributed by atoms with Crippen molar-refractivity contribution in [3.63, 3.8) is 0 Å². The van der Waals surface area contributed by atoms with Gasteiger partial charge >= 0.3 is 0 Å². The van der Waals surface area contributed by atoms with Gasteiger partial charge in [-0.05, 0) is 49.9 Å². The quantitative estimate of drug-likeness (QED) is 0.748. The summed E-state index contributed by atoms with van der Waals surface area (Å²) in [5.74, 6) is 1.80. The maximum atomic E-state index is 13.0. The standard InChI is InChI=1S/C24H30N2O2/c1-28-21-12-5-10-19(16-21)22-13-6-14-23(25-22)20-11-7-15-26(17-20)24(27)18-8-3-2-4-9-18/h5-6,10,12-14,16,18,20H,2-4,7-9,11,15,17H2,1H3/t20-/m0/s1. The number of carbonyl (C=O) groups is 1. The summed E-state index contributed by atoms with van der Waals surface area (Å²) in [4.78, 5) is 20.1. The number of pyridine rings is 1. The molecule has 0 unspecified atom stereocenters. The van der Waals surface area contributed by atoms with Crippen molar-refractivity contribution in [3.05, 3.63) is 48.2 Å². The van der Waals surface area contributed by atoms with Gasteiger partial charge in [0.05, 0.1) is 12.8 Å². The SMILES string of the molecule is COc1cccc(-c2cccc([C@H]3CCCN(C(=O)C4CCCCC4)C3)n2)c1. The number of methoxy groups -OCH3 is 1. The Bertz CT molecular complexity index is 814. The molecule has 0 bridgehead atoms. The summed E-state index contributed by atoms with van der Waals surface area (Å²) in [6, 6.07) is 14.3. The summed E-state index contributed by atoms with van der Waals surface area (Å²) in [6.45, 7) is 1.71. The average molecular weight is 379 g/mol. The van der Waals surface area contributed by atoms with Crippen LogP contribution in [0.4, 0.5) is 0 Å². The third kappa shape index (κ3) is 4.21. The fourth-order valence-corrected chi connectivity index (χ4v) is 4.65. The maximum absolute atomic E-state index is 13.0. The number of ether oxygens (including phenoxy) is 1. The molecule has 0 N–H and O–H groups in total. The summed E-state index contributed by atoms with van der Waals surface area (Å²) in [6.07, 6.45) is 8.01. The fraction of sp³-hybridized carbons (Fsp3) is 0.500. The molecule has 4 heteroatoms. The van der Waals surface area contributed by atoms with Gasteiger partial charge in [0.2, 0.25) is 5.91 Å². The maximum Gasteiger partial charge on any atom is 0.225 e. The van der Waals surface area contributed by atoms with Crippen molar-refractivity contribution in [2.24, 2.45) is 5.92 Å². The number of aromatic nitrogens is 1. The number of nitrogens with zero attached hydrogens (tertiary/aromatic N) is 2. The molecule has 1 aromatic carbocycles. The van der Waals surface area contributed by atoms with Crippen molar-refractivity contribution in [2.75, 3.05) is 20.2 Å². The van der Waals surface area contributed by atoms with Gasteiger partial charge in [0.25, 0.3) is 0 Å². The fourth-order valence-electron chi connectivity index (χ4n) is 4.65. The number of hydrogen-bond acceptors (Lipinski definition) is 3. The Morgan fingerprint density at radius 3 is 2.68 bits per heavy atom. The molecule has 1 saturated carbocycles. The zero-order chi connectivity index (χ0) is 19.3. The average Bonchev–Trinajstić information content (AvgIpc) is 2.79. The second-order valence-corrected chi connectivity index (χ2v) is 8.14. The van der Waals surface area contributed by atoms with Gasteiger partial charge in [-0.1, -0.05) is 37.5 Å². The lowest BCUT2D eigenvalue weighted by atomic mass is 9.86. The van der Waals surface area contributed by atoms with Crippen LogP contribution in [0.2, 0.25) is 0 Å². The minimum absolute atomic E-state index is 0.253. The molecule has 0 spiro atoms. The number of hydrogen-bond donors (Lipinski definition) is 0. The van der Waals surface area contributed by atoms with Gasteiger partial charge in [-0.15, -0.1) is 0 Å². The lowest BCUT2D eigenvalue weighted by Crippen LogP contribution is -2.43. The van der Waals surface area contributed by atoms with Gasteiger partial charge < -0.3 is 9.64 Å². The van der Waals surface area contributed by atoms with Crippen LogP contribution in [0.3, 0.4) is 0 Å². The van der Waals surface area contributed by atoms with Crippen molar-refractivity contribution in [1.82, 2.24) is 9.88 Å². The van der Waals surface area contributed by atoms with E-state index in [0.29, 0.717) is 11.8 Å². The van der Waals surface area contributed by atoms with Crippen LogP contribution in [0.5, 0.6) is 5.75 Å². The first-order valence-electron chi connectivity index (χ1n) is 10.6. The summed E-state index contributed by atoms with van der Waals surface area (Å²) < 4.78 is 5.35. The van der Waals surface area contributed by atoms with E-state index in [1.54, 1.807) is 7.11 Å². The van der Waals surface area contributed by atoms with Crippen molar-refractivity contribution in [1.29, 1.82) is 0 Å². The molecular formula is C24H30N2O2. The molecule has 0 radical (unpaired) electrons. The summed E-state index contributed by atoms with van der Waals surface area (Å²) in [5, 5.41) is 0. The zero-order valence-corrected chi connectivity index (χ0v) is 16.8. The number of piperidine rings is 1. The Morgan fingerprint density at radius 1 is 1.04 bits per heavy atom. The monoisotopic (exact) mass is 378 g/mol. The first kappa shape index (κ1) is 19.0. The second-order valence-electron chi connectivity index (χ2n) is 8.14. The predicted octanol–water partition coefficient (Wildman–Crippen LogP) is 5.04. The van der Waals surface area contributed by atoms with Crippen LogP contribution in [-0.2, 0) is 4.79 Å². The van der Waals surface area contributed by atoms with Crippen LogP contribution in [0, 0.1) is 5.92 Å². The molecule has 1 aliphatic carbocycles. The van der Waals surface area contributed by atoms with Gasteiger partial charge in [0.1, 0.15) is 5.75 Å². The Kier molecular flexibility index (Phi) is 5.94. The summed E-state index contributed by atoms with van der Waals surface area (Å²) in [5.41, 5.74) is 3.13. The van der Waals surface area contributed by atoms with Crippen LogP contribution >= 0.6 is 0 Å². The van der Waals surface area contributed by atoms with E-state index >= 15 is 0 Å². The normalized spacial score (nSPS) is 20.8. The Labute approximate surface area is 167 Å². The van der Waals surface area contributed by atoms with Gasteiger partial charge in [-0.2, -0.15) is 0 Å². The predicted molar refractivity (Wildman–Crippen MR) is 111 cm³/mol. The van der Waals surface area contributed by atoms with Gasteiger partial charge in [0.15, 0.2) is 0 Å². The Morgan fingerprint density at radius 2 is 1.86 bits per heavy atom. The Balaban J connectivity index is 1.49. The highest BCUT2D eigenvalue weighted by Gasteiger charge is 2.30. The summed E-state index contributed by atoms with van der Waals surface area (Å²) in [7, 11) is 1.68. The van der Waals surface area contributed by atoms with E-state index in [-0.39, 0.29) is 5.92 Å². The molecule has 1 aliphatic heterocycles. The molecule has 2 fully saturated rings. The third-order valence-electron chi connectivity index (χ3n) is 6.24. The van der Waals surface area contributed by atoms with Crippen LogP contribution in [-0.4, -0.2) is 36.0 Å². The molecule has 2 heterocycles. The molecular weight excluding hydrogens is 348 g/mol. The number of rotatable bonds is 4. The highest BCUT2D eigenvalue weighted by Crippen LogP contribution is 2.31. The van der Waals surface area contributed by atoms with Gasteiger partial charge in [-0.25, -0.2) is 0 Å². The van der Waals surface area contributed by atoms with E-state index < -0.39 is 0 Å². The van der Waals surface area contributed by atoms with Crippen molar-refractivity contribution in [3.8, 4) is 17.0 Å². The largest absolute Gasteiger partial charge is 0.497 e. The molecule has 28 heavy (non-hydrogen) atoms. The zero-order valence-electron chi connectivity index (χ0n) is 16.8. The number of amides is 1. The highest BCUT2D eigenvalue weighted by atomic mass is 16.5. The first-order valence-corrected chi connectivity index (χ1v) is 10.6. The third-order valence-corrected chi connectivity index (χ3v) is 6.24. The number of carbonyl (C=O) groups excluding carboxylic acids is 1. The van der Waals surface area contributed by atoms with Crippen molar-refractivity contribution >= 4 is 5.91 Å². The van der Waals surface area contributed by atoms with E-state index in [1.165, 1.54) is 19.3 Å². The molecule has 2 aromatic rings. The van der Waals surface area contributed by atoms with Crippen molar-refractivity contribution in [2.45, 2.75) is 50.9 Å². The minimum Gasteiger partial charge on any atom is -0.497 e. The second kappa shape index (κ2) is 8.76. The lowest BCUT2D eigenvalue weighted by molar-refractivity contribution is -0.137. The molecule has 148 valence electrons. The Hall–Kier alpha value is -2.36. The highest BCUT2D eigenvalue weighted by molar-refractivity contribution is 5.79. The van der Waals surface area contributed by atoms with Gasteiger partial charge in [-0.3, -0.25) is 9.78 Å². The van der Waals surface area contributed by atoms with E-state index in [1.807, 2.05) is 24.3 Å². The number of likely N-dealkylation sites (tertiary alicyclic amines) is 1. The first-order chi connectivity index (χ1) is 13.7. The van der Waals surface area contributed by atoms with Gasteiger partial charge in [0, 0.05) is 36.2 Å². The van der Waals surface area contributed by atoms with Crippen LogP contribution in [0.25, 0.3) is 11.3 Å². The van der Waals surface area contributed by atoms with E-state index in [0.717, 1.165) is 61.5 Å². The molecule has 1 atom stereocenters. The molecule has 1 saturated heterocycles. The number of benzene rings is 1. The van der Waals surface area contributed by atoms with E-state index in [9.17, 15) is 4.79 Å². The molecule has 1 amide bonds. The molecule has 4 nitrogen and oxygen atoms in total. The molecule has 4 rings (SSSR count). The topological polar surface area (TPSA) is 42.4 Å². The van der Waals surface area contributed by atoms with E-state index in [4.69, 9.17) is 9.72 Å². The van der Waals surface area contributed by atoms with Crippen LogP contribution in [0.15, 0.2) is 42.5 Å². The lowest BCUT2D eigenvalue weighted by Gasteiger charge is -2.35. The van der Waals surface area contributed by atoms with Crippen LogP contribution in [0.1, 0.15) is 56.6 Å². The van der Waals surface area contributed by atoms with Crippen LogP contribution < -0.4 is 4.74 Å².